The zero-order valence-corrected chi connectivity index (χ0v) is 13.1. The van der Waals surface area contributed by atoms with Gasteiger partial charge in [0.15, 0.2) is 0 Å². The summed E-state index contributed by atoms with van der Waals surface area (Å²) in [5.74, 6) is 1.95. The monoisotopic (exact) mass is 281 g/mol. The Labute approximate surface area is 121 Å². The molecule has 1 fully saturated rings. The van der Waals surface area contributed by atoms with Crippen LogP contribution in [0.1, 0.15) is 50.7 Å². The second-order valence-corrected chi connectivity index (χ2v) is 6.46. The average Bonchev–Trinajstić information content (AvgIpc) is 3.10. The third-order valence-corrected chi connectivity index (χ3v) is 3.23. The Morgan fingerprint density at radius 1 is 1.30 bits per heavy atom. The van der Waals surface area contributed by atoms with Gasteiger partial charge >= 0.3 is 0 Å². The molecule has 1 aliphatic rings. The molecule has 0 aromatic carbocycles. The number of aryl methyl sites for hydroxylation is 1. The summed E-state index contributed by atoms with van der Waals surface area (Å²) < 4.78 is 17.0. The van der Waals surface area contributed by atoms with Gasteiger partial charge in [0.2, 0.25) is 0 Å². The van der Waals surface area contributed by atoms with E-state index in [1.165, 1.54) is 12.8 Å². The molecule has 0 aliphatic heterocycles. The van der Waals surface area contributed by atoms with Gasteiger partial charge in [0.1, 0.15) is 11.5 Å². The van der Waals surface area contributed by atoms with E-state index >= 15 is 0 Å². The summed E-state index contributed by atoms with van der Waals surface area (Å²) in [5, 5.41) is 3.45. The molecule has 0 spiro atoms. The third-order valence-electron chi connectivity index (χ3n) is 3.23. The zero-order valence-electron chi connectivity index (χ0n) is 13.1. The van der Waals surface area contributed by atoms with Gasteiger partial charge in [-0.3, -0.25) is 0 Å². The molecule has 4 nitrogen and oxygen atoms in total. The van der Waals surface area contributed by atoms with Crippen molar-refractivity contribution >= 4 is 0 Å². The maximum Gasteiger partial charge on any atom is 0.118 e. The van der Waals surface area contributed by atoms with Crippen molar-refractivity contribution in [1.82, 2.24) is 5.32 Å². The van der Waals surface area contributed by atoms with Crippen molar-refractivity contribution in [3.8, 4) is 0 Å². The second-order valence-electron chi connectivity index (χ2n) is 6.46. The van der Waals surface area contributed by atoms with Crippen molar-refractivity contribution in [2.75, 3.05) is 13.2 Å². The van der Waals surface area contributed by atoms with Crippen LogP contribution in [0.15, 0.2) is 10.5 Å². The summed E-state index contributed by atoms with van der Waals surface area (Å²) in [5.41, 5.74) is 1.03. The number of nitrogens with one attached hydrogen (secondary N) is 1. The number of hydrogen-bond acceptors (Lipinski definition) is 4. The predicted molar refractivity (Wildman–Crippen MR) is 78.7 cm³/mol. The summed E-state index contributed by atoms with van der Waals surface area (Å²) in [7, 11) is 0. The van der Waals surface area contributed by atoms with Crippen molar-refractivity contribution in [1.29, 1.82) is 0 Å². The first-order valence-electron chi connectivity index (χ1n) is 7.47. The maximum absolute atomic E-state index is 5.73. The SMILES string of the molecule is Cc1oc(CNC2CC2)cc1COCCOC(C)(C)C. The molecule has 0 radical (unpaired) electrons. The molecule has 1 heterocycles. The smallest absolute Gasteiger partial charge is 0.118 e. The molecule has 1 N–H and O–H groups in total. The Hall–Kier alpha value is -0.840. The molecular weight excluding hydrogens is 254 g/mol. The highest BCUT2D eigenvalue weighted by molar-refractivity contribution is 5.20. The highest BCUT2D eigenvalue weighted by Crippen LogP contribution is 2.21. The molecule has 4 heteroatoms. The van der Waals surface area contributed by atoms with Gasteiger partial charge in [-0.15, -0.1) is 0 Å². The lowest BCUT2D eigenvalue weighted by Crippen LogP contribution is -2.21. The standard InChI is InChI=1S/C16H27NO3/c1-12-13(11-18-7-8-19-16(2,3)4)9-15(20-12)10-17-14-5-6-14/h9,14,17H,5-8,10-11H2,1-4H3. The molecule has 0 saturated heterocycles. The fraction of sp³-hybridized carbons (Fsp3) is 0.750. The van der Waals surface area contributed by atoms with Gasteiger partial charge in [-0.1, -0.05) is 0 Å². The molecular formula is C16H27NO3. The van der Waals surface area contributed by atoms with Crippen LogP contribution in [0.3, 0.4) is 0 Å². The van der Waals surface area contributed by atoms with Gasteiger partial charge in [-0.05, 0) is 46.6 Å². The van der Waals surface area contributed by atoms with Crippen molar-refractivity contribution in [3.05, 3.63) is 23.2 Å². The predicted octanol–water partition coefficient (Wildman–Crippen LogP) is 3.17. The van der Waals surface area contributed by atoms with Gasteiger partial charge in [0, 0.05) is 11.6 Å². The van der Waals surface area contributed by atoms with Gasteiger partial charge < -0.3 is 19.2 Å². The molecule has 0 bridgehead atoms. The van der Waals surface area contributed by atoms with Gasteiger partial charge in [-0.2, -0.15) is 0 Å². The number of furan rings is 1. The summed E-state index contributed by atoms with van der Waals surface area (Å²) in [6, 6.07) is 2.80. The minimum absolute atomic E-state index is 0.101. The molecule has 0 atom stereocenters. The van der Waals surface area contributed by atoms with Crippen molar-refractivity contribution < 1.29 is 13.9 Å². The highest BCUT2D eigenvalue weighted by atomic mass is 16.5. The number of ether oxygens (including phenoxy) is 2. The topological polar surface area (TPSA) is 43.6 Å². The van der Waals surface area contributed by atoms with E-state index in [1.54, 1.807) is 0 Å². The second kappa shape index (κ2) is 6.74. The van der Waals surface area contributed by atoms with Crippen molar-refractivity contribution in [2.45, 2.75) is 65.3 Å². The first-order valence-corrected chi connectivity index (χ1v) is 7.47. The van der Waals surface area contributed by atoms with Crippen LogP contribution in [0.2, 0.25) is 0 Å². The van der Waals surface area contributed by atoms with Crippen LogP contribution in [0, 0.1) is 6.92 Å². The Bertz CT molecular complexity index is 416. The van der Waals surface area contributed by atoms with Crippen LogP contribution >= 0.6 is 0 Å². The largest absolute Gasteiger partial charge is 0.465 e. The minimum Gasteiger partial charge on any atom is -0.465 e. The van der Waals surface area contributed by atoms with E-state index in [9.17, 15) is 0 Å². The molecule has 114 valence electrons. The Morgan fingerprint density at radius 2 is 2.05 bits per heavy atom. The lowest BCUT2D eigenvalue weighted by molar-refractivity contribution is -0.0378. The molecule has 0 unspecified atom stereocenters. The van der Waals surface area contributed by atoms with Gasteiger partial charge in [-0.25, -0.2) is 0 Å². The van der Waals surface area contributed by atoms with E-state index in [4.69, 9.17) is 13.9 Å². The minimum atomic E-state index is -0.101. The van der Waals surface area contributed by atoms with E-state index < -0.39 is 0 Å². The van der Waals surface area contributed by atoms with Crippen molar-refractivity contribution in [3.63, 3.8) is 0 Å². The lowest BCUT2D eigenvalue weighted by atomic mass is 10.2. The van der Waals surface area contributed by atoms with Crippen LogP contribution in [-0.4, -0.2) is 24.9 Å². The van der Waals surface area contributed by atoms with Gasteiger partial charge in [0.05, 0.1) is 32.0 Å². The fourth-order valence-corrected chi connectivity index (χ4v) is 1.94. The summed E-state index contributed by atoms with van der Waals surface area (Å²) in [6.07, 6.45) is 2.59. The van der Waals surface area contributed by atoms with Crippen LogP contribution in [0.25, 0.3) is 0 Å². The quantitative estimate of drug-likeness (QED) is 0.743. The molecule has 0 amide bonds. The third kappa shape index (κ3) is 5.65. The first-order chi connectivity index (χ1) is 9.44. The van der Waals surface area contributed by atoms with Crippen molar-refractivity contribution in [2.24, 2.45) is 0 Å². The first kappa shape index (κ1) is 15.5. The fourth-order valence-electron chi connectivity index (χ4n) is 1.94. The van der Waals surface area contributed by atoms with E-state index in [-0.39, 0.29) is 5.60 Å². The van der Waals surface area contributed by atoms with Gasteiger partial charge in [0.25, 0.3) is 0 Å². The lowest BCUT2D eigenvalue weighted by Gasteiger charge is -2.19. The molecule has 1 aliphatic carbocycles. The number of rotatable bonds is 8. The van der Waals surface area contributed by atoms with Crippen LogP contribution < -0.4 is 5.32 Å². The molecule has 1 aromatic heterocycles. The summed E-state index contributed by atoms with van der Waals surface area (Å²) in [6.45, 7) is 10.8. The highest BCUT2D eigenvalue weighted by Gasteiger charge is 2.20. The average molecular weight is 281 g/mol. The molecule has 1 aromatic rings. The summed E-state index contributed by atoms with van der Waals surface area (Å²) in [4.78, 5) is 0. The van der Waals surface area contributed by atoms with E-state index in [2.05, 4.69) is 11.4 Å². The Balaban J connectivity index is 1.66. The molecule has 20 heavy (non-hydrogen) atoms. The van der Waals surface area contributed by atoms with E-state index in [1.807, 2.05) is 27.7 Å². The normalized spacial score (nSPS) is 15.8. The maximum atomic E-state index is 5.73. The molecule has 1 saturated carbocycles. The Morgan fingerprint density at radius 3 is 2.70 bits per heavy atom. The number of hydrogen-bond donors (Lipinski definition) is 1. The van der Waals surface area contributed by atoms with E-state index in [0.29, 0.717) is 25.9 Å². The van der Waals surface area contributed by atoms with Crippen LogP contribution in [0.4, 0.5) is 0 Å². The zero-order chi connectivity index (χ0) is 14.6. The Kier molecular flexibility index (Phi) is 5.24. The van der Waals surface area contributed by atoms with E-state index in [0.717, 1.165) is 23.6 Å². The molecule has 2 rings (SSSR count). The van der Waals surface area contributed by atoms with Crippen LogP contribution in [-0.2, 0) is 22.6 Å². The van der Waals surface area contributed by atoms with Crippen LogP contribution in [0.5, 0.6) is 0 Å². The summed E-state index contributed by atoms with van der Waals surface area (Å²) >= 11 is 0.